The minimum absolute atomic E-state index is 0.346. The quantitative estimate of drug-likeness (QED) is 0.864. The Balaban J connectivity index is 2.08. The van der Waals surface area contributed by atoms with Gasteiger partial charge in [0.15, 0.2) is 17.5 Å². The maximum absolute atomic E-state index is 13.6. The van der Waals surface area contributed by atoms with Crippen LogP contribution in [0.1, 0.15) is 23.2 Å². The van der Waals surface area contributed by atoms with E-state index >= 15 is 0 Å². The maximum atomic E-state index is 13.6. The van der Waals surface area contributed by atoms with Crippen LogP contribution < -0.4 is 5.32 Å². The Kier molecular flexibility index (Phi) is 4.65. The molecule has 1 aliphatic rings. The lowest BCUT2D eigenvalue weighted by atomic mass is 9.97. The van der Waals surface area contributed by atoms with Crippen molar-refractivity contribution in [2.75, 3.05) is 26.7 Å². The number of carbonyl (C=O) groups excluding carboxylic acids is 1. The number of hydrogen-bond acceptors (Lipinski definition) is 2. The number of piperidine rings is 1. The van der Waals surface area contributed by atoms with Crippen LogP contribution in [-0.4, -0.2) is 37.5 Å². The fourth-order valence-corrected chi connectivity index (χ4v) is 2.43. The molecule has 1 fully saturated rings. The van der Waals surface area contributed by atoms with E-state index < -0.39 is 28.9 Å². The molecule has 110 valence electrons. The Morgan fingerprint density at radius 2 is 1.90 bits per heavy atom. The summed E-state index contributed by atoms with van der Waals surface area (Å²) in [6.07, 6.45) is 1.88. The summed E-state index contributed by atoms with van der Waals surface area (Å²) in [6.45, 7) is 2.28. The van der Waals surface area contributed by atoms with Gasteiger partial charge in [-0.25, -0.2) is 13.2 Å². The molecule has 0 aliphatic carbocycles. The molecule has 2 rings (SSSR count). The van der Waals surface area contributed by atoms with E-state index in [1.54, 1.807) is 7.05 Å². The third-order valence-electron chi connectivity index (χ3n) is 3.60. The van der Waals surface area contributed by atoms with Crippen molar-refractivity contribution in [3.8, 4) is 0 Å². The van der Waals surface area contributed by atoms with Crippen LogP contribution in [0.2, 0.25) is 0 Å². The minimum Gasteiger partial charge on any atom is -0.341 e. The van der Waals surface area contributed by atoms with Gasteiger partial charge in [0.1, 0.15) is 0 Å². The molecule has 0 saturated carbocycles. The van der Waals surface area contributed by atoms with Gasteiger partial charge in [0, 0.05) is 13.6 Å². The van der Waals surface area contributed by atoms with Crippen LogP contribution in [0.3, 0.4) is 0 Å². The second-order valence-corrected chi connectivity index (χ2v) is 5.10. The van der Waals surface area contributed by atoms with Gasteiger partial charge in [-0.15, -0.1) is 0 Å². The molecule has 0 unspecified atom stereocenters. The number of nitrogens with zero attached hydrogens (tertiary/aromatic N) is 1. The Morgan fingerprint density at radius 1 is 1.25 bits per heavy atom. The average Bonchev–Trinajstić information content (AvgIpc) is 2.45. The molecule has 1 amide bonds. The van der Waals surface area contributed by atoms with Crippen molar-refractivity contribution >= 4 is 5.91 Å². The van der Waals surface area contributed by atoms with Crippen molar-refractivity contribution in [2.45, 2.75) is 12.8 Å². The molecule has 1 heterocycles. The predicted octanol–water partition coefficient (Wildman–Crippen LogP) is 2.18. The minimum atomic E-state index is -1.61. The summed E-state index contributed by atoms with van der Waals surface area (Å²) in [5.74, 6) is -4.60. The normalized spacial score (nSPS) is 16.2. The standard InChI is InChI=1S/C14H17F3N2O/c1-19(8-9-4-6-18-7-5-9)14(20)10-2-3-11(15)13(17)12(10)16/h2-3,9,18H,4-8H2,1H3. The van der Waals surface area contributed by atoms with Gasteiger partial charge in [-0.3, -0.25) is 4.79 Å². The lowest BCUT2D eigenvalue weighted by molar-refractivity contribution is 0.0756. The van der Waals surface area contributed by atoms with Crippen molar-refractivity contribution < 1.29 is 18.0 Å². The molecular formula is C14H17F3N2O. The number of amides is 1. The average molecular weight is 286 g/mol. The number of hydrogen-bond donors (Lipinski definition) is 1. The molecular weight excluding hydrogens is 269 g/mol. The zero-order valence-corrected chi connectivity index (χ0v) is 11.3. The van der Waals surface area contributed by atoms with Crippen molar-refractivity contribution in [1.29, 1.82) is 0 Å². The number of benzene rings is 1. The monoisotopic (exact) mass is 286 g/mol. The highest BCUT2D eigenvalue weighted by Gasteiger charge is 2.23. The van der Waals surface area contributed by atoms with E-state index in [1.807, 2.05) is 0 Å². The molecule has 1 aliphatic heterocycles. The van der Waals surface area contributed by atoms with Crippen LogP contribution in [0.25, 0.3) is 0 Å². The van der Waals surface area contributed by atoms with Gasteiger partial charge in [-0.1, -0.05) is 0 Å². The second kappa shape index (κ2) is 6.26. The highest BCUT2D eigenvalue weighted by molar-refractivity contribution is 5.94. The highest BCUT2D eigenvalue weighted by atomic mass is 19.2. The number of halogens is 3. The van der Waals surface area contributed by atoms with E-state index in [4.69, 9.17) is 0 Å². The molecule has 0 atom stereocenters. The summed E-state index contributed by atoms with van der Waals surface area (Å²) in [7, 11) is 1.55. The summed E-state index contributed by atoms with van der Waals surface area (Å²) in [5.41, 5.74) is -0.430. The van der Waals surface area contributed by atoms with Crippen LogP contribution in [0.5, 0.6) is 0 Å². The summed E-state index contributed by atoms with van der Waals surface area (Å²) in [4.78, 5) is 13.5. The van der Waals surface area contributed by atoms with Gasteiger partial charge in [0.25, 0.3) is 5.91 Å². The Labute approximate surface area is 115 Å². The van der Waals surface area contributed by atoms with E-state index in [9.17, 15) is 18.0 Å². The third kappa shape index (κ3) is 3.12. The number of nitrogens with one attached hydrogen (secondary N) is 1. The molecule has 1 aromatic rings. The predicted molar refractivity (Wildman–Crippen MR) is 68.9 cm³/mol. The smallest absolute Gasteiger partial charge is 0.256 e. The maximum Gasteiger partial charge on any atom is 0.256 e. The second-order valence-electron chi connectivity index (χ2n) is 5.10. The van der Waals surface area contributed by atoms with Crippen LogP contribution in [-0.2, 0) is 0 Å². The molecule has 0 aromatic heterocycles. The number of carbonyl (C=O) groups is 1. The SMILES string of the molecule is CN(CC1CCNCC1)C(=O)c1ccc(F)c(F)c1F. The molecule has 0 spiro atoms. The van der Waals surface area contributed by atoms with Crippen LogP contribution in [0.4, 0.5) is 13.2 Å². The Hall–Kier alpha value is -1.56. The first-order valence-electron chi connectivity index (χ1n) is 6.60. The number of rotatable bonds is 3. The first-order chi connectivity index (χ1) is 9.50. The van der Waals surface area contributed by atoms with Gasteiger partial charge >= 0.3 is 0 Å². The first kappa shape index (κ1) is 14.8. The molecule has 6 heteroatoms. The van der Waals surface area contributed by atoms with Gasteiger partial charge in [-0.2, -0.15) is 0 Å². The summed E-state index contributed by atoms with van der Waals surface area (Å²) >= 11 is 0. The lowest BCUT2D eigenvalue weighted by Crippen LogP contribution is -2.37. The fraction of sp³-hybridized carbons (Fsp3) is 0.500. The van der Waals surface area contributed by atoms with E-state index in [1.165, 1.54) is 4.90 Å². The van der Waals surface area contributed by atoms with Gasteiger partial charge in [0.2, 0.25) is 0 Å². The van der Waals surface area contributed by atoms with Gasteiger partial charge < -0.3 is 10.2 Å². The van der Waals surface area contributed by atoms with Crippen LogP contribution >= 0.6 is 0 Å². The van der Waals surface area contributed by atoms with E-state index in [-0.39, 0.29) is 0 Å². The van der Waals surface area contributed by atoms with Crippen molar-refractivity contribution in [1.82, 2.24) is 10.2 Å². The molecule has 1 N–H and O–H groups in total. The molecule has 0 radical (unpaired) electrons. The van der Waals surface area contributed by atoms with E-state index in [0.29, 0.717) is 12.5 Å². The van der Waals surface area contributed by atoms with Crippen LogP contribution in [0, 0.1) is 23.4 Å². The largest absolute Gasteiger partial charge is 0.341 e. The topological polar surface area (TPSA) is 32.3 Å². The van der Waals surface area contributed by atoms with E-state index in [0.717, 1.165) is 38.1 Å². The molecule has 0 bridgehead atoms. The highest BCUT2D eigenvalue weighted by Crippen LogP contribution is 2.18. The third-order valence-corrected chi connectivity index (χ3v) is 3.60. The van der Waals surface area contributed by atoms with Gasteiger partial charge in [-0.05, 0) is 44.0 Å². The molecule has 20 heavy (non-hydrogen) atoms. The molecule has 1 aromatic carbocycles. The van der Waals surface area contributed by atoms with E-state index in [2.05, 4.69) is 5.32 Å². The zero-order valence-electron chi connectivity index (χ0n) is 11.3. The summed E-state index contributed by atoms with van der Waals surface area (Å²) in [5, 5.41) is 3.22. The molecule has 1 saturated heterocycles. The summed E-state index contributed by atoms with van der Waals surface area (Å²) in [6, 6.07) is 1.75. The Bertz CT molecular complexity index is 501. The Morgan fingerprint density at radius 3 is 2.55 bits per heavy atom. The van der Waals surface area contributed by atoms with Crippen molar-refractivity contribution in [3.05, 3.63) is 35.1 Å². The molecule has 3 nitrogen and oxygen atoms in total. The van der Waals surface area contributed by atoms with Gasteiger partial charge in [0.05, 0.1) is 5.56 Å². The van der Waals surface area contributed by atoms with Crippen molar-refractivity contribution in [3.63, 3.8) is 0 Å². The zero-order chi connectivity index (χ0) is 14.7. The van der Waals surface area contributed by atoms with Crippen LogP contribution in [0.15, 0.2) is 12.1 Å². The summed E-state index contributed by atoms with van der Waals surface area (Å²) < 4.78 is 39.6. The van der Waals surface area contributed by atoms with Crippen molar-refractivity contribution in [2.24, 2.45) is 5.92 Å². The first-order valence-corrected chi connectivity index (χ1v) is 6.60. The lowest BCUT2D eigenvalue weighted by Gasteiger charge is -2.27. The fourth-order valence-electron chi connectivity index (χ4n) is 2.43.